The summed E-state index contributed by atoms with van der Waals surface area (Å²) in [6, 6.07) is 1.95. The minimum Gasteiger partial charge on any atom is -0.396 e. The Morgan fingerprint density at radius 1 is 1.75 bits per heavy atom. The number of aromatic nitrogens is 2. The topological polar surface area (TPSA) is 64.1 Å². The summed E-state index contributed by atoms with van der Waals surface area (Å²) in [7, 11) is 1.86. The van der Waals surface area contributed by atoms with E-state index in [4.69, 9.17) is 10.8 Å². The van der Waals surface area contributed by atoms with Crippen molar-refractivity contribution in [3.63, 3.8) is 0 Å². The van der Waals surface area contributed by atoms with Crippen LogP contribution in [0.3, 0.4) is 0 Å². The number of hydrogen-bond acceptors (Lipinski definition) is 3. The fourth-order valence-electron chi connectivity index (χ4n) is 1.30. The first kappa shape index (κ1) is 9.22. The Hall–Kier alpha value is -0.870. The normalized spacial score (nSPS) is 13.3. The van der Waals surface area contributed by atoms with Crippen LogP contribution in [0.2, 0.25) is 0 Å². The average Bonchev–Trinajstić information content (AvgIpc) is 2.34. The van der Waals surface area contributed by atoms with E-state index < -0.39 is 0 Å². The zero-order chi connectivity index (χ0) is 9.14. The highest BCUT2D eigenvalue weighted by atomic mass is 16.3. The van der Waals surface area contributed by atoms with E-state index >= 15 is 0 Å². The average molecular weight is 169 g/mol. The third kappa shape index (κ3) is 1.65. The lowest BCUT2D eigenvalue weighted by molar-refractivity contribution is 0.263. The van der Waals surface area contributed by atoms with E-state index in [1.165, 1.54) is 0 Å². The second kappa shape index (κ2) is 3.69. The first-order valence-electron chi connectivity index (χ1n) is 4.00. The molecule has 3 N–H and O–H groups in total. The molecule has 0 aliphatic rings. The molecule has 0 saturated heterocycles. The van der Waals surface area contributed by atoms with Crippen LogP contribution in [0.15, 0.2) is 6.07 Å². The summed E-state index contributed by atoms with van der Waals surface area (Å²) in [6.45, 7) is 2.46. The van der Waals surface area contributed by atoms with Gasteiger partial charge in [0.05, 0.1) is 12.3 Å². The predicted molar refractivity (Wildman–Crippen MR) is 46.8 cm³/mol. The van der Waals surface area contributed by atoms with Gasteiger partial charge in [-0.15, -0.1) is 0 Å². The molecule has 0 aliphatic carbocycles. The summed E-state index contributed by atoms with van der Waals surface area (Å²) in [5, 5.41) is 13.2. The summed E-state index contributed by atoms with van der Waals surface area (Å²) in [5.41, 5.74) is 7.45. The maximum atomic E-state index is 8.99. The number of nitrogens with two attached hydrogens (primary N) is 1. The number of aliphatic hydroxyl groups excluding tert-OH is 1. The van der Waals surface area contributed by atoms with Gasteiger partial charge in [0.2, 0.25) is 0 Å². The third-order valence-corrected chi connectivity index (χ3v) is 1.96. The molecule has 68 valence electrons. The lowest BCUT2D eigenvalue weighted by Crippen LogP contribution is -2.18. The maximum Gasteiger partial charge on any atom is 0.0596 e. The predicted octanol–water partition coefficient (Wildman–Crippen LogP) is -0.237. The summed E-state index contributed by atoms with van der Waals surface area (Å²) in [4.78, 5) is 0. The van der Waals surface area contributed by atoms with Gasteiger partial charge in [-0.25, -0.2) is 0 Å². The van der Waals surface area contributed by atoms with Gasteiger partial charge in [0.25, 0.3) is 0 Å². The molecule has 0 spiro atoms. The summed E-state index contributed by atoms with van der Waals surface area (Å²) in [5.74, 6) is 0.0104. The molecule has 1 aromatic rings. The second-order valence-electron chi connectivity index (χ2n) is 2.95. The highest BCUT2D eigenvalue weighted by molar-refractivity contribution is 5.14. The minimum absolute atomic E-state index is 0.0104. The number of aryl methyl sites for hydroxylation is 2. The van der Waals surface area contributed by atoms with Crippen LogP contribution in [-0.2, 0) is 7.05 Å². The van der Waals surface area contributed by atoms with Gasteiger partial charge < -0.3 is 10.8 Å². The Morgan fingerprint density at radius 2 is 2.42 bits per heavy atom. The van der Waals surface area contributed by atoms with Crippen molar-refractivity contribution in [3.05, 3.63) is 17.5 Å². The molecule has 0 fully saturated rings. The molecule has 4 nitrogen and oxygen atoms in total. The van der Waals surface area contributed by atoms with Crippen LogP contribution in [0.5, 0.6) is 0 Å². The molecule has 0 amide bonds. The standard InChI is InChI=1S/C8H15N3O/c1-6-3-8(11(2)10-6)7(4-9)5-12/h3,7,12H,4-5,9H2,1-2H3. The van der Waals surface area contributed by atoms with Crippen molar-refractivity contribution in [2.45, 2.75) is 12.8 Å². The van der Waals surface area contributed by atoms with Crippen LogP contribution in [0, 0.1) is 6.92 Å². The molecule has 0 aliphatic heterocycles. The first-order chi connectivity index (χ1) is 5.69. The Balaban J connectivity index is 2.91. The fourth-order valence-corrected chi connectivity index (χ4v) is 1.30. The van der Waals surface area contributed by atoms with Crippen LogP contribution < -0.4 is 5.73 Å². The van der Waals surface area contributed by atoms with Gasteiger partial charge >= 0.3 is 0 Å². The largest absolute Gasteiger partial charge is 0.396 e. The maximum absolute atomic E-state index is 8.99. The molecule has 1 atom stereocenters. The van der Waals surface area contributed by atoms with Crippen molar-refractivity contribution >= 4 is 0 Å². The zero-order valence-corrected chi connectivity index (χ0v) is 7.49. The van der Waals surface area contributed by atoms with Crippen LogP contribution in [-0.4, -0.2) is 28.0 Å². The lowest BCUT2D eigenvalue weighted by atomic mass is 10.1. The van der Waals surface area contributed by atoms with Crippen molar-refractivity contribution in [2.24, 2.45) is 12.8 Å². The van der Waals surface area contributed by atoms with E-state index in [1.807, 2.05) is 20.0 Å². The van der Waals surface area contributed by atoms with Gasteiger partial charge in [-0.05, 0) is 13.0 Å². The van der Waals surface area contributed by atoms with Gasteiger partial charge in [-0.3, -0.25) is 4.68 Å². The van der Waals surface area contributed by atoms with Crippen LogP contribution in [0.1, 0.15) is 17.3 Å². The molecular formula is C8H15N3O. The Bertz CT molecular complexity index is 253. The molecule has 12 heavy (non-hydrogen) atoms. The highest BCUT2D eigenvalue weighted by Crippen LogP contribution is 2.13. The van der Waals surface area contributed by atoms with E-state index in [0.717, 1.165) is 11.4 Å². The first-order valence-corrected chi connectivity index (χ1v) is 4.00. The van der Waals surface area contributed by atoms with Gasteiger partial charge in [-0.1, -0.05) is 0 Å². The summed E-state index contributed by atoms with van der Waals surface area (Å²) in [6.07, 6.45) is 0. The Labute approximate surface area is 72.0 Å². The smallest absolute Gasteiger partial charge is 0.0596 e. The van der Waals surface area contributed by atoms with Gasteiger partial charge in [0.1, 0.15) is 0 Å². The molecule has 1 rings (SSSR count). The van der Waals surface area contributed by atoms with Gasteiger partial charge in [0, 0.05) is 25.2 Å². The molecule has 1 aromatic heterocycles. The van der Waals surface area contributed by atoms with E-state index in [0.29, 0.717) is 6.54 Å². The van der Waals surface area contributed by atoms with Gasteiger partial charge in [0.15, 0.2) is 0 Å². The number of hydrogen-bond donors (Lipinski definition) is 2. The Morgan fingerprint density at radius 3 is 2.75 bits per heavy atom. The molecule has 4 heteroatoms. The van der Waals surface area contributed by atoms with E-state index in [2.05, 4.69) is 5.10 Å². The summed E-state index contributed by atoms with van der Waals surface area (Å²) < 4.78 is 1.77. The lowest BCUT2D eigenvalue weighted by Gasteiger charge is -2.10. The van der Waals surface area contributed by atoms with Crippen molar-refractivity contribution in [2.75, 3.05) is 13.2 Å². The van der Waals surface area contributed by atoms with E-state index in [1.54, 1.807) is 4.68 Å². The Kier molecular flexibility index (Phi) is 2.83. The third-order valence-electron chi connectivity index (χ3n) is 1.96. The number of nitrogens with zero attached hydrogens (tertiary/aromatic N) is 2. The van der Waals surface area contributed by atoms with Crippen LogP contribution in [0.25, 0.3) is 0 Å². The molecule has 0 saturated carbocycles. The minimum atomic E-state index is 0.0104. The molecule has 0 bridgehead atoms. The molecule has 0 radical (unpaired) electrons. The quantitative estimate of drug-likeness (QED) is 0.656. The second-order valence-corrected chi connectivity index (χ2v) is 2.95. The monoisotopic (exact) mass is 169 g/mol. The number of aliphatic hydroxyl groups is 1. The van der Waals surface area contributed by atoms with Crippen molar-refractivity contribution < 1.29 is 5.11 Å². The van der Waals surface area contributed by atoms with E-state index in [-0.39, 0.29) is 12.5 Å². The van der Waals surface area contributed by atoms with Crippen molar-refractivity contribution in [3.8, 4) is 0 Å². The van der Waals surface area contributed by atoms with E-state index in [9.17, 15) is 0 Å². The van der Waals surface area contributed by atoms with Gasteiger partial charge in [-0.2, -0.15) is 5.10 Å². The zero-order valence-electron chi connectivity index (χ0n) is 7.49. The van der Waals surface area contributed by atoms with Crippen molar-refractivity contribution in [1.82, 2.24) is 9.78 Å². The fraction of sp³-hybridized carbons (Fsp3) is 0.625. The summed E-state index contributed by atoms with van der Waals surface area (Å²) >= 11 is 0. The number of rotatable bonds is 3. The van der Waals surface area contributed by atoms with Crippen LogP contribution in [0.4, 0.5) is 0 Å². The highest BCUT2D eigenvalue weighted by Gasteiger charge is 2.12. The molecule has 0 aromatic carbocycles. The molecule has 1 heterocycles. The molecule has 1 unspecified atom stereocenters. The van der Waals surface area contributed by atoms with Crippen LogP contribution >= 0.6 is 0 Å². The molecular weight excluding hydrogens is 154 g/mol. The van der Waals surface area contributed by atoms with Crippen molar-refractivity contribution in [1.29, 1.82) is 0 Å². The SMILES string of the molecule is Cc1cc(C(CN)CO)n(C)n1.